The second-order valence-corrected chi connectivity index (χ2v) is 3.94. The Labute approximate surface area is 118 Å². The van der Waals surface area contributed by atoms with E-state index in [0.29, 0.717) is 0 Å². The Morgan fingerprint density at radius 1 is 0.857 bits per heavy atom. The molecule has 0 aliphatic carbocycles. The lowest BCUT2D eigenvalue weighted by Crippen LogP contribution is -2.20. The van der Waals surface area contributed by atoms with Crippen molar-refractivity contribution in [2.75, 3.05) is 14.2 Å². The van der Waals surface area contributed by atoms with Crippen molar-refractivity contribution in [1.82, 2.24) is 0 Å². The summed E-state index contributed by atoms with van der Waals surface area (Å²) in [7, 11) is 2.08. The number of carboxylic acids is 2. The van der Waals surface area contributed by atoms with Crippen molar-refractivity contribution in [3.63, 3.8) is 0 Å². The number of rotatable bonds is 4. The molecule has 8 nitrogen and oxygen atoms in total. The summed E-state index contributed by atoms with van der Waals surface area (Å²) in [5, 5.41) is 18.2. The Morgan fingerprint density at radius 3 is 1.43 bits per heavy atom. The van der Waals surface area contributed by atoms with Gasteiger partial charge in [0.25, 0.3) is 0 Å². The van der Waals surface area contributed by atoms with Crippen molar-refractivity contribution < 1.29 is 38.9 Å². The third kappa shape index (κ3) is 2.83. The van der Waals surface area contributed by atoms with Crippen LogP contribution in [0.15, 0.2) is 6.07 Å². The fourth-order valence-corrected chi connectivity index (χ4v) is 1.89. The Kier molecular flexibility index (Phi) is 4.64. The SMILES string of the molecule is COC(=O)c1c(C(=O)O)cc(C(=O)O)c(C(=O)OC)c1C. The first kappa shape index (κ1) is 16.2. The van der Waals surface area contributed by atoms with Gasteiger partial charge in [-0.1, -0.05) is 0 Å². The third-order valence-corrected chi connectivity index (χ3v) is 2.82. The molecule has 1 aromatic carbocycles. The van der Waals surface area contributed by atoms with Crippen molar-refractivity contribution >= 4 is 23.9 Å². The first-order chi connectivity index (χ1) is 9.76. The van der Waals surface area contributed by atoms with Crippen molar-refractivity contribution in [1.29, 1.82) is 0 Å². The minimum absolute atomic E-state index is 0.133. The van der Waals surface area contributed by atoms with Crippen LogP contribution >= 0.6 is 0 Å². The van der Waals surface area contributed by atoms with Crippen molar-refractivity contribution in [2.24, 2.45) is 0 Å². The molecule has 0 aromatic heterocycles. The Hall–Kier alpha value is -2.90. The van der Waals surface area contributed by atoms with Crippen LogP contribution in [0.1, 0.15) is 47.0 Å². The molecular weight excluding hydrogens is 284 g/mol. The molecule has 0 bridgehead atoms. The van der Waals surface area contributed by atoms with Crippen LogP contribution in [0.2, 0.25) is 0 Å². The van der Waals surface area contributed by atoms with Crippen LogP contribution in [-0.4, -0.2) is 48.3 Å². The van der Waals surface area contributed by atoms with Gasteiger partial charge in [-0.2, -0.15) is 0 Å². The lowest BCUT2D eigenvalue weighted by molar-refractivity contribution is 0.0569. The molecule has 21 heavy (non-hydrogen) atoms. The molecule has 112 valence electrons. The standard InChI is InChI=1S/C13H12O8/c1-5-8(12(18)20-2)6(10(14)15)4-7(11(16)17)9(5)13(19)21-3/h4H,1-3H3,(H,14,15)(H,16,17). The lowest BCUT2D eigenvalue weighted by Gasteiger charge is -2.14. The van der Waals surface area contributed by atoms with Gasteiger partial charge < -0.3 is 19.7 Å². The Bertz CT molecular complexity index is 592. The van der Waals surface area contributed by atoms with Crippen LogP contribution in [0.3, 0.4) is 0 Å². The summed E-state index contributed by atoms with van der Waals surface area (Å²) < 4.78 is 8.95. The van der Waals surface area contributed by atoms with E-state index >= 15 is 0 Å². The van der Waals surface area contributed by atoms with Crippen molar-refractivity contribution in [3.8, 4) is 0 Å². The molecule has 0 aliphatic heterocycles. The Morgan fingerprint density at radius 2 is 1.19 bits per heavy atom. The zero-order valence-corrected chi connectivity index (χ0v) is 11.4. The molecule has 0 aliphatic rings. The number of methoxy groups -OCH3 is 2. The summed E-state index contributed by atoms with van der Waals surface area (Å²) >= 11 is 0. The maximum absolute atomic E-state index is 11.7. The van der Waals surface area contributed by atoms with E-state index in [-0.39, 0.29) is 5.56 Å². The predicted octanol–water partition coefficient (Wildman–Crippen LogP) is 0.965. The normalized spacial score (nSPS) is 9.86. The summed E-state index contributed by atoms with van der Waals surface area (Å²) in [6, 6.07) is 0.732. The quantitative estimate of drug-likeness (QED) is 0.786. The fourth-order valence-electron chi connectivity index (χ4n) is 1.89. The van der Waals surface area contributed by atoms with E-state index in [0.717, 1.165) is 20.3 Å². The molecule has 0 saturated carbocycles. The third-order valence-electron chi connectivity index (χ3n) is 2.82. The van der Waals surface area contributed by atoms with Gasteiger partial charge in [0.2, 0.25) is 0 Å². The van der Waals surface area contributed by atoms with Gasteiger partial charge in [0.05, 0.1) is 36.5 Å². The molecule has 1 rings (SSSR count). The van der Waals surface area contributed by atoms with Crippen molar-refractivity contribution in [3.05, 3.63) is 33.9 Å². The number of hydrogen-bond donors (Lipinski definition) is 2. The average Bonchev–Trinajstić information content (AvgIpc) is 2.44. The molecule has 0 fully saturated rings. The van der Waals surface area contributed by atoms with Crippen LogP contribution in [0.5, 0.6) is 0 Å². The van der Waals surface area contributed by atoms with E-state index in [1.807, 2.05) is 0 Å². The molecule has 0 heterocycles. The number of carbonyl (C=O) groups excluding carboxylic acids is 2. The number of aromatic carboxylic acids is 2. The highest BCUT2D eigenvalue weighted by Crippen LogP contribution is 2.25. The first-order valence-electron chi connectivity index (χ1n) is 5.57. The minimum Gasteiger partial charge on any atom is -0.478 e. The Balaban J connectivity index is 3.88. The van der Waals surface area contributed by atoms with Crippen LogP contribution in [0.25, 0.3) is 0 Å². The van der Waals surface area contributed by atoms with Gasteiger partial charge in [-0.25, -0.2) is 19.2 Å². The number of hydrogen-bond acceptors (Lipinski definition) is 6. The van der Waals surface area contributed by atoms with Gasteiger partial charge in [-0.3, -0.25) is 0 Å². The van der Waals surface area contributed by atoms with E-state index in [2.05, 4.69) is 9.47 Å². The zero-order valence-electron chi connectivity index (χ0n) is 11.4. The summed E-state index contributed by atoms with van der Waals surface area (Å²) in [5.74, 6) is -5.02. The van der Waals surface area contributed by atoms with Gasteiger partial charge in [0.15, 0.2) is 0 Å². The summed E-state index contributed by atoms with van der Waals surface area (Å²) in [6.07, 6.45) is 0. The second kappa shape index (κ2) is 6.04. The van der Waals surface area contributed by atoms with Gasteiger partial charge in [0.1, 0.15) is 0 Å². The molecule has 8 heteroatoms. The molecule has 0 spiro atoms. The fraction of sp³-hybridized carbons (Fsp3) is 0.231. The number of ether oxygens (including phenoxy) is 2. The van der Waals surface area contributed by atoms with Crippen LogP contribution < -0.4 is 0 Å². The summed E-state index contributed by atoms with van der Waals surface area (Å²) in [5.41, 5.74) is -2.05. The summed E-state index contributed by atoms with van der Waals surface area (Å²) in [4.78, 5) is 45.8. The molecule has 0 amide bonds. The monoisotopic (exact) mass is 296 g/mol. The number of carbonyl (C=O) groups is 4. The number of carboxylic acid groups (broad SMARTS) is 2. The zero-order chi connectivity index (χ0) is 16.3. The highest BCUT2D eigenvalue weighted by Gasteiger charge is 2.30. The minimum atomic E-state index is -1.52. The van der Waals surface area contributed by atoms with Gasteiger partial charge in [-0.05, 0) is 18.6 Å². The highest BCUT2D eigenvalue weighted by atomic mass is 16.5. The largest absolute Gasteiger partial charge is 0.478 e. The molecule has 0 saturated heterocycles. The molecule has 0 unspecified atom stereocenters. The van der Waals surface area contributed by atoms with E-state index in [1.165, 1.54) is 6.92 Å². The average molecular weight is 296 g/mol. The van der Waals surface area contributed by atoms with E-state index in [1.54, 1.807) is 0 Å². The van der Waals surface area contributed by atoms with Gasteiger partial charge in [0, 0.05) is 0 Å². The van der Waals surface area contributed by atoms with E-state index in [4.69, 9.17) is 10.2 Å². The smallest absolute Gasteiger partial charge is 0.339 e. The summed E-state index contributed by atoms with van der Waals surface area (Å²) in [6.45, 7) is 1.25. The maximum Gasteiger partial charge on any atom is 0.339 e. The van der Waals surface area contributed by atoms with Crippen LogP contribution in [0, 0.1) is 6.92 Å². The first-order valence-corrected chi connectivity index (χ1v) is 5.57. The van der Waals surface area contributed by atoms with E-state index in [9.17, 15) is 19.2 Å². The molecule has 1 aromatic rings. The van der Waals surface area contributed by atoms with Crippen molar-refractivity contribution in [2.45, 2.75) is 6.92 Å². The van der Waals surface area contributed by atoms with Crippen LogP contribution in [-0.2, 0) is 9.47 Å². The molecule has 2 N–H and O–H groups in total. The maximum atomic E-state index is 11.7. The van der Waals surface area contributed by atoms with Gasteiger partial charge in [-0.15, -0.1) is 0 Å². The van der Waals surface area contributed by atoms with Crippen LogP contribution in [0.4, 0.5) is 0 Å². The van der Waals surface area contributed by atoms with Gasteiger partial charge >= 0.3 is 23.9 Å². The molecular formula is C13H12O8. The lowest BCUT2D eigenvalue weighted by atomic mass is 9.92. The number of esters is 2. The second-order valence-electron chi connectivity index (χ2n) is 3.94. The predicted molar refractivity (Wildman–Crippen MR) is 67.8 cm³/mol. The highest BCUT2D eigenvalue weighted by molar-refractivity contribution is 6.11. The number of benzene rings is 1. The topological polar surface area (TPSA) is 127 Å². The van der Waals surface area contributed by atoms with E-state index < -0.39 is 46.1 Å². The molecule has 0 atom stereocenters. The molecule has 0 radical (unpaired) electrons.